The SMILES string of the molecule is CC(C)(O)C1CN(C(=O)Nc2ccc(C#N)cc2)Cc2c(C(N)=O)c(-c3ccc(F)c(Cl)c3)nn21. The van der Waals surface area contributed by atoms with E-state index in [-0.39, 0.29) is 29.4 Å². The van der Waals surface area contributed by atoms with Crippen LogP contribution in [0.15, 0.2) is 42.5 Å². The van der Waals surface area contributed by atoms with Crippen LogP contribution in [0.25, 0.3) is 11.3 Å². The third kappa shape index (κ3) is 4.69. The molecule has 0 saturated heterocycles. The smallest absolute Gasteiger partial charge is 0.322 e. The molecule has 1 unspecified atom stereocenters. The van der Waals surface area contributed by atoms with Gasteiger partial charge in [-0.2, -0.15) is 10.4 Å². The fourth-order valence-corrected chi connectivity index (χ4v) is 4.20. The molecule has 1 aromatic heterocycles. The summed E-state index contributed by atoms with van der Waals surface area (Å²) in [7, 11) is 0. The molecule has 0 spiro atoms. The van der Waals surface area contributed by atoms with Gasteiger partial charge in [-0.05, 0) is 56.3 Å². The molecule has 0 fully saturated rings. The molecular formula is C24H22ClFN6O3. The zero-order valence-electron chi connectivity index (χ0n) is 18.9. The minimum atomic E-state index is -1.33. The topological polar surface area (TPSA) is 137 Å². The van der Waals surface area contributed by atoms with Crippen molar-refractivity contribution in [3.8, 4) is 17.3 Å². The number of halogens is 2. The van der Waals surface area contributed by atoms with Crippen molar-refractivity contribution >= 4 is 29.2 Å². The summed E-state index contributed by atoms with van der Waals surface area (Å²) >= 11 is 5.94. The molecule has 4 rings (SSSR count). The largest absolute Gasteiger partial charge is 0.388 e. The lowest BCUT2D eigenvalue weighted by Crippen LogP contribution is -2.50. The number of anilines is 1. The van der Waals surface area contributed by atoms with Crippen molar-refractivity contribution < 1.29 is 19.1 Å². The van der Waals surface area contributed by atoms with Crippen molar-refractivity contribution in [3.63, 3.8) is 0 Å². The molecular weight excluding hydrogens is 475 g/mol. The Kier molecular flexibility index (Phi) is 6.23. The van der Waals surface area contributed by atoms with Crippen LogP contribution in [-0.4, -0.2) is 43.9 Å². The number of aromatic nitrogens is 2. The first-order valence-corrected chi connectivity index (χ1v) is 11.0. The number of rotatable bonds is 4. The second kappa shape index (κ2) is 9.02. The van der Waals surface area contributed by atoms with Gasteiger partial charge in [0.2, 0.25) is 0 Å². The highest BCUT2D eigenvalue weighted by Gasteiger charge is 2.40. The highest BCUT2D eigenvalue weighted by molar-refractivity contribution is 6.31. The number of nitrogens with one attached hydrogen (secondary N) is 1. The van der Waals surface area contributed by atoms with Crippen LogP contribution in [-0.2, 0) is 6.54 Å². The van der Waals surface area contributed by atoms with E-state index in [1.807, 2.05) is 6.07 Å². The molecule has 1 atom stereocenters. The average Bonchev–Trinajstić information content (AvgIpc) is 3.19. The van der Waals surface area contributed by atoms with Gasteiger partial charge in [0.25, 0.3) is 5.91 Å². The lowest BCUT2D eigenvalue weighted by molar-refractivity contribution is -0.00374. The minimum absolute atomic E-state index is 0.0190. The molecule has 0 aliphatic carbocycles. The zero-order valence-corrected chi connectivity index (χ0v) is 19.7. The maximum atomic E-state index is 13.7. The molecule has 11 heteroatoms. The zero-order chi connectivity index (χ0) is 25.5. The molecule has 9 nitrogen and oxygen atoms in total. The number of hydrogen-bond donors (Lipinski definition) is 3. The van der Waals surface area contributed by atoms with Gasteiger partial charge in [-0.1, -0.05) is 11.6 Å². The third-order valence-corrected chi connectivity index (χ3v) is 6.14. The van der Waals surface area contributed by atoms with E-state index in [9.17, 15) is 19.1 Å². The Labute approximate surface area is 205 Å². The second-order valence-electron chi connectivity index (χ2n) is 8.78. The summed E-state index contributed by atoms with van der Waals surface area (Å²) in [6, 6.07) is 11.1. The summed E-state index contributed by atoms with van der Waals surface area (Å²) in [5.74, 6) is -1.41. The molecule has 4 N–H and O–H groups in total. The minimum Gasteiger partial charge on any atom is -0.388 e. The summed E-state index contributed by atoms with van der Waals surface area (Å²) in [6.07, 6.45) is 0. The molecule has 0 saturated carbocycles. The number of carbonyl (C=O) groups excluding carboxylic acids is 2. The van der Waals surface area contributed by atoms with Crippen LogP contribution in [0.2, 0.25) is 5.02 Å². The number of aliphatic hydroxyl groups is 1. The summed E-state index contributed by atoms with van der Waals surface area (Å²) in [6.45, 7) is 3.21. The third-order valence-electron chi connectivity index (χ3n) is 5.85. The van der Waals surface area contributed by atoms with Crippen molar-refractivity contribution in [1.29, 1.82) is 5.26 Å². The maximum absolute atomic E-state index is 13.7. The number of hydrogen-bond acceptors (Lipinski definition) is 5. The fraction of sp³-hybridized carbons (Fsp3) is 0.250. The molecule has 180 valence electrons. The van der Waals surface area contributed by atoms with Gasteiger partial charge in [0.15, 0.2) is 0 Å². The van der Waals surface area contributed by atoms with E-state index >= 15 is 0 Å². The lowest BCUT2D eigenvalue weighted by atomic mass is 9.95. The van der Waals surface area contributed by atoms with Gasteiger partial charge in [0, 0.05) is 17.8 Å². The van der Waals surface area contributed by atoms with Crippen LogP contribution in [0.5, 0.6) is 0 Å². The fourth-order valence-electron chi connectivity index (χ4n) is 4.02. The van der Waals surface area contributed by atoms with Gasteiger partial charge >= 0.3 is 6.03 Å². The molecule has 1 aliphatic rings. The van der Waals surface area contributed by atoms with Gasteiger partial charge < -0.3 is 21.1 Å². The van der Waals surface area contributed by atoms with Crippen LogP contribution in [0, 0.1) is 17.1 Å². The number of fused-ring (bicyclic) bond motifs is 1. The predicted molar refractivity (Wildman–Crippen MR) is 127 cm³/mol. The maximum Gasteiger partial charge on any atom is 0.322 e. The van der Waals surface area contributed by atoms with Gasteiger partial charge in [0.1, 0.15) is 11.5 Å². The first-order valence-electron chi connectivity index (χ1n) is 10.6. The molecule has 3 amide bonds. The number of nitrogens with zero attached hydrogens (tertiary/aromatic N) is 4. The van der Waals surface area contributed by atoms with Crippen molar-refractivity contribution in [1.82, 2.24) is 14.7 Å². The van der Waals surface area contributed by atoms with E-state index in [2.05, 4.69) is 10.4 Å². The summed E-state index contributed by atoms with van der Waals surface area (Å²) in [5.41, 5.74) is 6.24. The summed E-state index contributed by atoms with van der Waals surface area (Å²) in [4.78, 5) is 27.1. The summed E-state index contributed by atoms with van der Waals surface area (Å²) in [5, 5.41) is 27.0. The Bertz CT molecular complexity index is 1360. The number of nitrogens with two attached hydrogens (primary N) is 1. The number of carbonyl (C=O) groups is 2. The lowest BCUT2D eigenvalue weighted by Gasteiger charge is -2.39. The van der Waals surface area contributed by atoms with Gasteiger partial charge in [-0.15, -0.1) is 0 Å². The quantitative estimate of drug-likeness (QED) is 0.506. The number of nitriles is 1. The van der Waals surface area contributed by atoms with Crippen LogP contribution in [0.4, 0.5) is 14.9 Å². The van der Waals surface area contributed by atoms with E-state index < -0.39 is 29.4 Å². The van der Waals surface area contributed by atoms with Crippen molar-refractivity contribution in [2.24, 2.45) is 5.73 Å². The molecule has 0 bridgehead atoms. The first kappa shape index (κ1) is 24.2. The van der Waals surface area contributed by atoms with E-state index in [0.29, 0.717) is 22.5 Å². The molecule has 1 aliphatic heterocycles. The van der Waals surface area contributed by atoms with E-state index in [1.54, 1.807) is 38.1 Å². The van der Waals surface area contributed by atoms with Crippen LogP contribution in [0.1, 0.15) is 41.5 Å². The van der Waals surface area contributed by atoms with Gasteiger partial charge in [-0.3, -0.25) is 9.48 Å². The van der Waals surface area contributed by atoms with E-state index in [1.165, 1.54) is 21.7 Å². The Balaban J connectivity index is 1.76. The van der Waals surface area contributed by atoms with E-state index in [4.69, 9.17) is 22.6 Å². The standard InChI is InChI=1S/C24H22ClFN6O3/c1-24(2,35)19-12-31(23(34)29-15-6-3-13(10-27)4-7-15)11-18-20(22(28)33)21(30-32(18)19)14-5-8-17(26)16(25)9-14/h3-9,19,35H,11-12H2,1-2H3,(H2,28,33)(H,29,34). The number of benzene rings is 2. The molecule has 2 aromatic carbocycles. The monoisotopic (exact) mass is 496 g/mol. The summed E-state index contributed by atoms with van der Waals surface area (Å²) < 4.78 is 15.2. The molecule has 0 radical (unpaired) electrons. The number of urea groups is 1. The van der Waals surface area contributed by atoms with Gasteiger partial charge in [0.05, 0.1) is 46.1 Å². The van der Waals surface area contributed by atoms with Crippen LogP contribution < -0.4 is 11.1 Å². The van der Waals surface area contributed by atoms with E-state index in [0.717, 1.165) is 6.07 Å². The Morgan fingerprint density at radius 2 is 1.97 bits per heavy atom. The van der Waals surface area contributed by atoms with Crippen molar-refractivity contribution in [2.75, 3.05) is 11.9 Å². The molecule has 35 heavy (non-hydrogen) atoms. The predicted octanol–water partition coefficient (Wildman–Crippen LogP) is 3.67. The van der Waals surface area contributed by atoms with Crippen molar-refractivity contribution in [2.45, 2.75) is 32.0 Å². The highest BCUT2D eigenvalue weighted by Crippen LogP contribution is 2.36. The van der Waals surface area contributed by atoms with Gasteiger partial charge in [-0.25, -0.2) is 9.18 Å². The Morgan fingerprint density at radius 1 is 1.29 bits per heavy atom. The Hall–Kier alpha value is -3.94. The number of amides is 3. The van der Waals surface area contributed by atoms with Crippen LogP contribution >= 0.6 is 11.6 Å². The van der Waals surface area contributed by atoms with Crippen LogP contribution in [0.3, 0.4) is 0 Å². The highest BCUT2D eigenvalue weighted by atomic mass is 35.5. The Morgan fingerprint density at radius 3 is 2.54 bits per heavy atom. The average molecular weight is 497 g/mol. The second-order valence-corrected chi connectivity index (χ2v) is 9.18. The van der Waals surface area contributed by atoms with Crippen molar-refractivity contribution in [3.05, 3.63) is 70.1 Å². The molecule has 3 aromatic rings. The first-order chi connectivity index (χ1) is 16.5. The molecule has 2 heterocycles. The number of primary amides is 1. The normalized spacial score (nSPS) is 15.3.